The van der Waals surface area contributed by atoms with Crippen molar-refractivity contribution in [1.29, 1.82) is 0 Å². The predicted molar refractivity (Wildman–Crippen MR) is 72.0 cm³/mol. The molecule has 0 bridgehead atoms. The van der Waals surface area contributed by atoms with Crippen molar-refractivity contribution in [2.45, 2.75) is 5.92 Å². The van der Waals surface area contributed by atoms with Gasteiger partial charge in [0.25, 0.3) is 0 Å². The van der Waals surface area contributed by atoms with Crippen LogP contribution in [0.1, 0.15) is 21.8 Å². The summed E-state index contributed by atoms with van der Waals surface area (Å²) in [5, 5.41) is 0. The van der Waals surface area contributed by atoms with Crippen LogP contribution in [0.25, 0.3) is 0 Å². The van der Waals surface area contributed by atoms with Crippen LogP contribution in [0.5, 0.6) is 11.5 Å². The van der Waals surface area contributed by atoms with Crippen LogP contribution in [0.3, 0.4) is 0 Å². The maximum Gasteiger partial charge on any atom is 0.173 e. The van der Waals surface area contributed by atoms with Crippen LogP contribution in [0.2, 0.25) is 0 Å². The summed E-state index contributed by atoms with van der Waals surface area (Å²) in [6, 6.07) is 14.9. The molecule has 96 valence electrons. The second-order valence-electron chi connectivity index (χ2n) is 4.49. The van der Waals surface area contributed by atoms with E-state index in [-0.39, 0.29) is 11.7 Å². The van der Waals surface area contributed by atoms with Crippen molar-refractivity contribution >= 4 is 5.78 Å². The molecule has 1 atom stereocenters. The van der Waals surface area contributed by atoms with E-state index in [1.54, 1.807) is 31.4 Å². The van der Waals surface area contributed by atoms with E-state index in [4.69, 9.17) is 9.47 Å². The molecule has 1 aliphatic heterocycles. The molecule has 3 nitrogen and oxygen atoms in total. The summed E-state index contributed by atoms with van der Waals surface area (Å²) in [6.45, 7) is 0.421. The number of hydrogen-bond donors (Lipinski definition) is 0. The van der Waals surface area contributed by atoms with Crippen LogP contribution >= 0.6 is 0 Å². The average molecular weight is 254 g/mol. The molecule has 1 unspecified atom stereocenters. The van der Waals surface area contributed by atoms with Gasteiger partial charge in [-0.3, -0.25) is 4.79 Å². The lowest BCUT2D eigenvalue weighted by Gasteiger charge is -2.08. The highest BCUT2D eigenvalue weighted by Gasteiger charge is 2.30. The third-order valence-electron chi connectivity index (χ3n) is 3.39. The summed E-state index contributed by atoms with van der Waals surface area (Å²) >= 11 is 0. The summed E-state index contributed by atoms with van der Waals surface area (Å²) in [5.74, 6) is 1.45. The highest BCUT2D eigenvalue weighted by Crippen LogP contribution is 2.35. The van der Waals surface area contributed by atoms with E-state index in [9.17, 15) is 4.79 Å². The topological polar surface area (TPSA) is 35.5 Å². The van der Waals surface area contributed by atoms with Crippen LogP contribution in [-0.2, 0) is 0 Å². The van der Waals surface area contributed by atoms with E-state index < -0.39 is 0 Å². The Morgan fingerprint density at radius 3 is 2.63 bits per heavy atom. The SMILES string of the molecule is COc1ccc(C(=O)C2COc3ccccc32)cc1. The molecule has 0 N–H and O–H groups in total. The fourth-order valence-corrected chi connectivity index (χ4v) is 2.34. The minimum atomic E-state index is -0.204. The molecule has 3 rings (SSSR count). The number of para-hydroxylation sites is 1. The highest BCUT2D eigenvalue weighted by molar-refractivity contribution is 6.02. The van der Waals surface area contributed by atoms with Crippen LogP contribution in [-0.4, -0.2) is 19.5 Å². The van der Waals surface area contributed by atoms with Crippen molar-refractivity contribution in [2.75, 3.05) is 13.7 Å². The zero-order chi connectivity index (χ0) is 13.2. The third kappa shape index (κ3) is 2.08. The number of hydrogen-bond acceptors (Lipinski definition) is 3. The molecule has 0 radical (unpaired) electrons. The first-order valence-corrected chi connectivity index (χ1v) is 6.19. The summed E-state index contributed by atoms with van der Waals surface area (Å²) in [5.41, 5.74) is 1.66. The fourth-order valence-electron chi connectivity index (χ4n) is 2.34. The lowest BCUT2D eigenvalue weighted by Crippen LogP contribution is -2.14. The lowest BCUT2D eigenvalue weighted by molar-refractivity contribution is 0.0947. The van der Waals surface area contributed by atoms with Gasteiger partial charge in [-0.15, -0.1) is 0 Å². The fraction of sp³-hybridized carbons (Fsp3) is 0.188. The molecular formula is C16H14O3. The molecule has 1 heterocycles. The van der Waals surface area contributed by atoms with E-state index in [1.165, 1.54) is 0 Å². The van der Waals surface area contributed by atoms with Crippen LogP contribution in [0, 0.1) is 0 Å². The molecule has 0 saturated carbocycles. The van der Waals surface area contributed by atoms with Gasteiger partial charge in [-0.25, -0.2) is 0 Å². The van der Waals surface area contributed by atoms with Gasteiger partial charge in [0.15, 0.2) is 5.78 Å². The standard InChI is InChI=1S/C16H14O3/c1-18-12-8-6-11(7-9-12)16(17)14-10-19-15-5-3-2-4-13(14)15/h2-9,14H,10H2,1H3. The first-order chi connectivity index (χ1) is 9.29. The number of carbonyl (C=O) groups excluding carboxylic acids is 1. The van der Waals surface area contributed by atoms with Crippen molar-refractivity contribution < 1.29 is 14.3 Å². The number of fused-ring (bicyclic) bond motifs is 1. The minimum Gasteiger partial charge on any atom is -0.497 e. The van der Waals surface area contributed by atoms with E-state index in [1.807, 2.05) is 24.3 Å². The lowest BCUT2D eigenvalue weighted by atomic mass is 9.92. The number of ketones is 1. The number of benzene rings is 2. The Bertz CT molecular complexity index is 602. The van der Waals surface area contributed by atoms with Gasteiger partial charge in [-0.1, -0.05) is 18.2 Å². The Labute approximate surface area is 111 Å². The molecule has 0 aromatic heterocycles. The predicted octanol–water partition coefficient (Wildman–Crippen LogP) is 3.05. The van der Waals surface area contributed by atoms with E-state index in [0.717, 1.165) is 17.1 Å². The molecular weight excluding hydrogens is 240 g/mol. The smallest absolute Gasteiger partial charge is 0.173 e. The second kappa shape index (κ2) is 4.76. The number of rotatable bonds is 3. The Balaban J connectivity index is 1.89. The van der Waals surface area contributed by atoms with Gasteiger partial charge in [-0.05, 0) is 30.3 Å². The number of Topliss-reactive ketones (excluding diaryl/α,β-unsaturated/α-hetero) is 1. The quantitative estimate of drug-likeness (QED) is 0.790. The van der Waals surface area contributed by atoms with Gasteiger partial charge in [0, 0.05) is 11.1 Å². The summed E-state index contributed by atoms with van der Waals surface area (Å²) < 4.78 is 10.6. The van der Waals surface area contributed by atoms with Crippen molar-refractivity contribution in [3.05, 3.63) is 59.7 Å². The monoisotopic (exact) mass is 254 g/mol. The highest BCUT2D eigenvalue weighted by atomic mass is 16.5. The minimum absolute atomic E-state index is 0.0904. The molecule has 0 amide bonds. The van der Waals surface area contributed by atoms with E-state index >= 15 is 0 Å². The Morgan fingerprint density at radius 1 is 1.16 bits per heavy atom. The van der Waals surface area contributed by atoms with Crippen molar-refractivity contribution in [3.63, 3.8) is 0 Å². The second-order valence-corrected chi connectivity index (χ2v) is 4.49. The maximum atomic E-state index is 12.5. The molecule has 3 heteroatoms. The van der Waals surface area contributed by atoms with Crippen molar-refractivity contribution in [3.8, 4) is 11.5 Å². The normalized spacial score (nSPS) is 16.6. The van der Waals surface area contributed by atoms with E-state index in [2.05, 4.69) is 0 Å². The maximum absolute atomic E-state index is 12.5. The van der Waals surface area contributed by atoms with Crippen LogP contribution < -0.4 is 9.47 Å². The first-order valence-electron chi connectivity index (χ1n) is 6.19. The molecule has 2 aromatic carbocycles. The third-order valence-corrected chi connectivity index (χ3v) is 3.39. The average Bonchev–Trinajstić information content (AvgIpc) is 2.90. The zero-order valence-corrected chi connectivity index (χ0v) is 10.6. The van der Waals surface area contributed by atoms with Gasteiger partial charge < -0.3 is 9.47 Å². The van der Waals surface area contributed by atoms with Crippen molar-refractivity contribution in [1.82, 2.24) is 0 Å². The molecule has 19 heavy (non-hydrogen) atoms. The first kappa shape index (κ1) is 11.8. The van der Waals surface area contributed by atoms with Gasteiger partial charge >= 0.3 is 0 Å². The Hall–Kier alpha value is -2.29. The van der Waals surface area contributed by atoms with Crippen LogP contribution in [0.4, 0.5) is 0 Å². The molecule has 2 aromatic rings. The number of carbonyl (C=O) groups is 1. The van der Waals surface area contributed by atoms with Gasteiger partial charge in [-0.2, -0.15) is 0 Å². The largest absolute Gasteiger partial charge is 0.497 e. The van der Waals surface area contributed by atoms with Gasteiger partial charge in [0.2, 0.25) is 0 Å². The molecule has 0 spiro atoms. The summed E-state index contributed by atoms with van der Waals surface area (Å²) in [6.07, 6.45) is 0. The van der Waals surface area contributed by atoms with Gasteiger partial charge in [0.1, 0.15) is 18.1 Å². The molecule has 0 saturated heterocycles. The van der Waals surface area contributed by atoms with Gasteiger partial charge in [0.05, 0.1) is 13.0 Å². The number of methoxy groups -OCH3 is 1. The zero-order valence-electron chi connectivity index (χ0n) is 10.6. The Kier molecular flexibility index (Phi) is 2.95. The number of ether oxygens (including phenoxy) is 2. The molecule has 0 fully saturated rings. The van der Waals surface area contributed by atoms with Crippen LogP contribution in [0.15, 0.2) is 48.5 Å². The Morgan fingerprint density at radius 2 is 1.89 bits per heavy atom. The van der Waals surface area contributed by atoms with Crippen molar-refractivity contribution in [2.24, 2.45) is 0 Å². The summed E-state index contributed by atoms with van der Waals surface area (Å²) in [4.78, 5) is 12.5. The molecule has 0 aliphatic carbocycles. The molecule has 1 aliphatic rings. The van der Waals surface area contributed by atoms with E-state index in [0.29, 0.717) is 12.2 Å². The summed E-state index contributed by atoms with van der Waals surface area (Å²) in [7, 11) is 1.61.